The van der Waals surface area contributed by atoms with Gasteiger partial charge in [0.25, 0.3) is 0 Å². The number of nitrogens with one attached hydrogen (secondary N) is 2. The van der Waals surface area contributed by atoms with Crippen molar-refractivity contribution < 1.29 is 13.2 Å². The Bertz CT molecular complexity index is 1040. The number of hydrogen-bond donors (Lipinski definition) is 2. The van der Waals surface area contributed by atoms with E-state index in [2.05, 4.69) is 27.4 Å². The molecule has 0 bridgehead atoms. The number of pyridine rings is 1. The van der Waals surface area contributed by atoms with Gasteiger partial charge in [0.2, 0.25) is 10.0 Å². The molecule has 1 aliphatic rings. The van der Waals surface area contributed by atoms with E-state index in [0.29, 0.717) is 39.3 Å². The summed E-state index contributed by atoms with van der Waals surface area (Å²) in [7, 11) is -3.17. The van der Waals surface area contributed by atoms with Gasteiger partial charge in [-0.1, -0.05) is 57.2 Å². The molecule has 1 aromatic heterocycles. The molecule has 0 aliphatic carbocycles. The quantitative estimate of drug-likeness (QED) is 0.440. The van der Waals surface area contributed by atoms with Gasteiger partial charge < -0.3 is 10.6 Å². The van der Waals surface area contributed by atoms with Gasteiger partial charge in [0, 0.05) is 50.3 Å². The number of unbranched alkanes of at least 4 members (excludes halogenated alkanes) is 5. The number of benzene rings is 1. The summed E-state index contributed by atoms with van der Waals surface area (Å²) in [6.07, 6.45) is 6.48. The molecule has 0 spiro atoms. The number of amides is 2. The van der Waals surface area contributed by atoms with Gasteiger partial charge in [-0.2, -0.15) is 4.31 Å². The van der Waals surface area contributed by atoms with E-state index in [1.807, 2.05) is 37.3 Å². The van der Waals surface area contributed by atoms with Crippen molar-refractivity contribution in [3.8, 4) is 0 Å². The summed E-state index contributed by atoms with van der Waals surface area (Å²) in [5.74, 6) is 0.254. The Balaban J connectivity index is 1.36. The van der Waals surface area contributed by atoms with Gasteiger partial charge in [-0.05, 0) is 25.5 Å². The molecule has 8 nitrogen and oxygen atoms in total. The van der Waals surface area contributed by atoms with Crippen LogP contribution in [0, 0.1) is 6.92 Å². The van der Waals surface area contributed by atoms with Crippen LogP contribution in [0.15, 0.2) is 30.3 Å². The van der Waals surface area contributed by atoms with Crippen molar-refractivity contribution in [1.82, 2.24) is 19.5 Å². The van der Waals surface area contributed by atoms with Gasteiger partial charge in [-0.3, -0.25) is 9.88 Å². The maximum Gasteiger partial charge on any atom is 0.319 e. The summed E-state index contributed by atoms with van der Waals surface area (Å²) < 4.78 is 26.9. The van der Waals surface area contributed by atoms with E-state index in [9.17, 15) is 13.2 Å². The van der Waals surface area contributed by atoms with Crippen molar-refractivity contribution in [2.75, 3.05) is 50.3 Å². The van der Waals surface area contributed by atoms with Crippen LogP contribution in [0.2, 0.25) is 0 Å². The molecule has 2 N–H and O–H groups in total. The lowest BCUT2D eigenvalue weighted by atomic mass is 10.1. The molecule has 3 rings (SSSR count). The summed E-state index contributed by atoms with van der Waals surface area (Å²) in [5.41, 5.74) is 2.44. The smallest absolute Gasteiger partial charge is 0.319 e. The molecular formula is C25H39N5O3S. The van der Waals surface area contributed by atoms with Crippen LogP contribution < -0.4 is 10.6 Å². The van der Waals surface area contributed by atoms with Crippen LogP contribution >= 0.6 is 0 Å². The fourth-order valence-corrected chi connectivity index (χ4v) is 5.88. The number of aromatic nitrogens is 1. The number of sulfonamides is 1. The molecule has 188 valence electrons. The maximum absolute atomic E-state index is 12.6. The average Bonchev–Trinajstić information content (AvgIpc) is 2.81. The second-order valence-corrected chi connectivity index (χ2v) is 11.1. The second-order valence-electron chi connectivity index (χ2n) is 9.03. The standard InChI is InChI=1S/C25H39N5O3S/c1-3-4-5-6-7-10-19-34(32,33)30-17-15-29(16-18-30)14-13-26-25(31)28-24-20-21(2)27-23-12-9-8-11-22(23)24/h8-9,11-12,20H,3-7,10,13-19H2,1-2H3,(H2,26,27,28,31). The SMILES string of the molecule is CCCCCCCCS(=O)(=O)N1CCN(CCNC(=O)Nc2cc(C)nc3ccccc23)CC1. The number of nitrogens with zero attached hydrogens (tertiary/aromatic N) is 3. The molecule has 0 radical (unpaired) electrons. The number of rotatable bonds is 12. The second kappa shape index (κ2) is 13.0. The number of aryl methyl sites for hydroxylation is 1. The maximum atomic E-state index is 12.6. The fraction of sp³-hybridized carbons (Fsp3) is 0.600. The van der Waals surface area contributed by atoms with E-state index in [1.165, 1.54) is 19.3 Å². The minimum Gasteiger partial charge on any atom is -0.337 e. The Hall–Kier alpha value is -2.23. The Morgan fingerprint density at radius 1 is 1.03 bits per heavy atom. The van der Waals surface area contributed by atoms with E-state index in [0.717, 1.165) is 41.5 Å². The molecule has 9 heteroatoms. The van der Waals surface area contributed by atoms with Crippen LogP contribution in [-0.2, 0) is 10.0 Å². The number of fused-ring (bicyclic) bond motifs is 1. The highest BCUT2D eigenvalue weighted by atomic mass is 32.2. The molecule has 2 heterocycles. The molecule has 0 atom stereocenters. The predicted molar refractivity (Wildman–Crippen MR) is 139 cm³/mol. The molecular weight excluding hydrogens is 450 g/mol. The van der Waals surface area contributed by atoms with Gasteiger partial charge in [-0.25, -0.2) is 13.2 Å². The Morgan fingerprint density at radius 3 is 2.50 bits per heavy atom. The third-order valence-corrected chi connectivity index (χ3v) is 8.24. The number of anilines is 1. The summed E-state index contributed by atoms with van der Waals surface area (Å²) in [6.45, 7) is 7.69. The van der Waals surface area contributed by atoms with Gasteiger partial charge in [0.15, 0.2) is 0 Å². The minimum absolute atomic E-state index is 0.254. The first-order valence-electron chi connectivity index (χ1n) is 12.5. The first kappa shape index (κ1) is 26.4. The topological polar surface area (TPSA) is 94.6 Å². The highest BCUT2D eigenvalue weighted by Crippen LogP contribution is 2.22. The monoisotopic (exact) mass is 489 g/mol. The third kappa shape index (κ3) is 7.92. The fourth-order valence-electron chi connectivity index (χ4n) is 4.33. The molecule has 34 heavy (non-hydrogen) atoms. The summed E-state index contributed by atoms with van der Waals surface area (Å²) in [4.78, 5) is 19.1. The normalized spacial score (nSPS) is 15.5. The van der Waals surface area contributed by atoms with Crippen LogP contribution in [0.3, 0.4) is 0 Å². The molecule has 1 fully saturated rings. The predicted octanol–water partition coefficient (Wildman–Crippen LogP) is 3.97. The number of hydrogen-bond acceptors (Lipinski definition) is 5. The van der Waals surface area contributed by atoms with Crippen LogP contribution in [-0.4, -0.2) is 73.7 Å². The van der Waals surface area contributed by atoms with E-state index >= 15 is 0 Å². The molecule has 2 amide bonds. The van der Waals surface area contributed by atoms with Gasteiger partial charge >= 0.3 is 6.03 Å². The van der Waals surface area contributed by atoms with E-state index in [-0.39, 0.29) is 11.8 Å². The van der Waals surface area contributed by atoms with Gasteiger partial charge in [-0.15, -0.1) is 0 Å². The first-order chi connectivity index (χ1) is 16.4. The zero-order valence-corrected chi connectivity index (χ0v) is 21.4. The van der Waals surface area contributed by atoms with Crippen LogP contribution in [0.5, 0.6) is 0 Å². The summed E-state index contributed by atoms with van der Waals surface area (Å²) >= 11 is 0. The van der Waals surface area contributed by atoms with E-state index in [4.69, 9.17) is 0 Å². The van der Waals surface area contributed by atoms with Crippen molar-refractivity contribution in [3.63, 3.8) is 0 Å². The average molecular weight is 490 g/mol. The highest BCUT2D eigenvalue weighted by Gasteiger charge is 2.26. The molecule has 1 aliphatic heterocycles. The molecule has 1 aromatic carbocycles. The van der Waals surface area contributed by atoms with Crippen molar-refractivity contribution in [2.45, 2.75) is 52.4 Å². The van der Waals surface area contributed by atoms with Crippen molar-refractivity contribution in [3.05, 3.63) is 36.0 Å². The van der Waals surface area contributed by atoms with Crippen LogP contribution in [0.1, 0.15) is 51.1 Å². The zero-order valence-electron chi connectivity index (χ0n) is 20.6. The number of piperazine rings is 1. The van der Waals surface area contributed by atoms with Crippen LogP contribution in [0.4, 0.5) is 10.5 Å². The highest BCUT2D eigenvalue weighted by molar-refractivity contribution is 7.89. The number of carbonyl (C=O) groups is 1. The lowest BCUT2D eigenvalue weighted by Crippen LogP contribution is -2.50. The van der Waals surface area contributed by atoms with Crippen LogP contribution in [0.25, 0.3) is 10.9 Å². The Labute approximate surface area is 204 Å². The lowest BCUT2D eigenvalue weighted by molar-refractivity contribution is 0.189. The minimum atomic E-state index is -3.17. The third-order valence-electron chi connectivity index (χ3n) is 6.29. The Kier molecular flexibility index (Phi) is 10.1. The first-order valence-corrected chi connectivity index (χ1v) is 14.1. The van der Waals surface area contributed by atoms with Crippen molar-refractivity contribution in [2.24, 2.45) is 0 Å². The van der Waals surface area contributed by atoms with Crippen molar-refractivity contribution >= 4 is 32.6 Å². The van der Waals surface area contributed by atoms with Gasteiger partial charge in [0.05, 0.1) is 17.0 Å². The zero-order chi connectivity index (χ0) is 24.4. The number of carbonyl (C=O) groups excluding carboxylic acids is 1. The summed E-state index contributed by atoms with van der Waals surface area (Å²) in [6, 6.07) is 9.34. The largest absolute Gasteiger partial charge is 0.337 e. The number of para-hydroxylation sites is 1. The molecule has 0 unspecified atom stereocenters. The molecule has 0 saturated carbocycles. The molecule has 1 saturated heterocycles. The van der Waals surface area contributed by atoms with Gasteiger partial charge in [0.1, 0.15) is 0 Å². The summed E-state index contributed by atoms with van der Waals surface area (Å²) in [5, 5.41) is 6.74. The van der Waals surface area contributed by atoms with Crippen molar-refractivity contribution in [1.29, 1.82) is 0 Å². The van der Waals surface area contributed by atoms with E-state index in [1.54, 1.807) is 4.31 Å². The Morgan fingerprint density at radius 2 is 1.74 bits per heavy atom. The lowest BCUT2D eigenvalue weighted by Gasteiger charge is -2.34. The van der Waals surface area contributed by atoms with E-state index < -0.39 is 10.0 Å². The number of urea groups is 1. The molecule has 2 aromatic rings.